The molecule has 14 heavy (non-hydrogen) atoms. The summed E-state index contributed by atoms with van der Waals surface area (Å²) in [5, 5.41) is 1.14. The predicted molar refractivity (Wildman–Crippen MR) is 60.5 cm³/mol. The fraction of sp³-hybridized carbons (Fsp3) is 0.333. The van der Waals surface area contributed by atoms with E-state index in [1.165, 1.54) is 10.9 Å². The third-order valence-electron chi connectivity index (χ3n) is 2.22. The van der Waals surface area contributed by atoms with E-state index in [4.69, 9.17) is 0 Å². The maximum absolute atomic E-state index is 12.9. The third-order valence-corrected chi connectivity index (χ3v) is 3.74. The molecule has 0 spiro atoms. The number of rotatable bonds is 0. The highest BCUT2D eigenvalue weighted by Gasteiger charge is 2.16. The molecular weight excluding hydrogens is 195 g/mol. The Balaban J connectivity index is 2.63. The first-order valence-electron chi connectivity index (χ1n) is 4.66. The zero-order chi connectivity index (χ0) is 10.3. The third kappa shape index (κ3) is 1.67. The van der Waals surface area contributed by atoms with Crippen LogP contribution in [0.4, 0.5) is 4.39 Å². The molecule has 0 aliphatic carbocycles. The highest BCUT2D eigenvalue weighted by Crippen LogP contribution is 2.34. The van der Waals surface area contributed by atoms with Gasteiger partial charge in [0.15, 0.2) is 0 Å². The summed E-state index contributed by atoms with van der Waals surface area (Å²) < 4.78 is 14.0. The lowest BCUT2D eigenvalue weighted by Crippen LogP contribution is -2.07. The van der Waals surface area contributed by atoms with Crippen molar-refractivity contribution in [3.63, 3.8) is 0 Å². The summed E-state index contributed by atoms with van der Waals surface area (Å²) in [5.74, 6) is -0.153. The van der Waals surface area contributed by atoms with Gasteiger partial charge < -0.3 is 0 Å². The van der Waals surface area contributed by atoms with Crippen LogP contribution in [0.3, 0.4) is 0 Å². The number of thiophene rings is 1. The fourth-order valence-corrected chi connectivity index (χ4v) is 2.52. The molecule has 0 bridgehead atoms. The van der Waals surface area contributed by atoms with Crippen molar-refractivity contribution in [3.05, 3.63) is 35.0 Å². The molecule has 0 aliphatic heterocycles. The first-order chi connectivity index (χ1) is 6.47. The Labute approximate surface area is 87.4 Å². The Morgan fingerprint density at radius 1 is 1.14 bits per heavy atom. The van der Waals surface area contributed by atoms with Crippen LogP contribution in [0.1, 0.15) is 25.6 Å². The van der Waals surface area contributed by atoms with Crippen LogP contribution in [0.15, 0.2) is 24.3 Å². The molecule has 74 valence electrons. The number of hydrogen-bond donors (Lipinski definition) is 0. The lowest BCUT2D eigenvalue weighted by Gasteiger charge is -2.14. The van der Waals surface area contributed by atoms with E-state index in [0.29, 0.717) is 0 Å². The molecular formula is C12H13FS. The molecule has 0 aliphatic rings. The zero-order valence-corrected chi connectivity index (χ0v) is 9.41. The molecule has 0 amide bonds. The van der Waals surface area contributed by atoms with E-state index in [1.54, 1.807) is 17.4 Å². The molecule has 0 fully saturated rings. The van der Waals surface area contributed by atoms with Gasteiger partial charge in [0.05, 0.1) is 0 Å². The molecule has 1 aromatic carbocycles. The van der Waals surface area contributed by atoms with Gasteiger partial charge in [-0.1, -0.05) is 26.8 Å². The Hall–Kier alpha value is -0.890. The predicted octanol–water partition coefficient (Wildman–Crippen LogP) is 4.34. The molecule has 0 saturated heterocycles. The second kappa shape index (κ2) is 3.06. The van der Waals surface area contributed by atoms with Gasteiger partial charge in [-0.25, -0.2) is 4.39 Å². The van der Waals surface area contributed by atoms with E-state index in [9.17, 15) is 4.39 Å². The topological polar surface area (TPSA) is 0 Å². The maximum atomic E-state index is 12.9. The van der Waals surface area contributed by atoms with Crippen LogP contribution in [-0.2, 0) is 5.41 Å². The van der Waals surface area contributed by atoms with Crippen LogP contribution in [0, 0.1) is 5.82 Å². The Kier molecular flexibility index (Phi) is 2.11. The van der Waals surface area contributed by atoms with Crippen molar-refractivity contribution in [3.8, 4) is 0 Å². The molecule has 0 N–H and O–H groups in total. The van der Waals surface area contributed by atoms with E-state index in [-0.39, 0.29) is 11.2 Å². The van der Waals surface area contributed by atoms with Crippen molar-refractivity contribution in [2.75, 3.05) is 0 Å². The quantitative estimate of drug-likeness (QED) is 0.604. The minimum atomic E-state index is -0.153. The van der Waals surface area contributed by atoms with Crippen LogP contribution >= 0.6 is 11.3 Å². The molecule has 0 saturated carbocycles. The maximum Gasteiger partial charge on any atom is 0.124 e. The van der Waals surface area contributed by atoms with E-state index in [0.717, 1.165) is 10.1 Å². The van der Waals surface area contributed by atoms with E-state index in [1.807, 2.05) is 6.07 Å². The van der Waals surface area contributed by atoms with Crippen molar-refractivity contribution in [1.82, 2.24) is 0 Å². The molecule has 1 aromatic heterocycles. The van der Waals surface area contributed by atoms with Crippen molar-refractivity contribution in [2.45, 2.75) is 26.2 Å². The highest BCUT2D eigenvalue weighted by molar-refractivity contribution is 7.19. The molecule has 0 nitrogen and oxygen atoms in total. The molecule has 1 heterocycles. The second-order valence-corrected chi connectivity index (χ2v) is 5.63. The van der Waals surface area contributed by atoms with Gasteiger partial charge in [-0.2, -0.15) is 0 Å². The second-order valence-electron chi connectivity index (χ2n) is 4.54. The van der Waals surface area contributed by atoms with Crippen LogP contribution in [0.5, 0.6) is 0 Å². The van der Waals surface area contributed by atoms with Crippen LogP contribution in [0.2, 0.25) is 0 Å². The summed E-state index contributed by atoms with van der Waals surface area (Å²) in [4.78, 5) is 1.30. The van der Waals surface area contributed by atoms with Crippen molar-refractivity contribution in [2.24, 2.45) is 0 Å². The molecule has 0 unspecified atom stereocenters. The Bertz CT molecular complexity index is 463. The van der Waals surface area contributed by atoms with Crippen molar-refractivity contribution >= 4 is 21.4 Å². The van der Waals surface area contributed by atoms with Crippen molar-refractivity contribution < 1.29 is 4.39 Å². The fourth-order valence-electron chi connectivity index (χ4n) is 1.37. The summed E-state index contributed by atoms with van der Waals surface area (Å²) in [6, 6.07) is 7.12. The summed E-state index contributed by atoms with van der Waals surface area (Å²) >= 11 is 1.68. The van der Waals surface area contributed by atoms with E-state index < -0.39 is 0 Å². The summed E-state index contributed by atoms with van der Waals surface area (Å²) in [6.07, 6.45) is 0. The van der Waals surface area contributed by atoms with Gasteiger partial charge in [-0.15, -0.1) is 11.3 Å². The van der Waals surface area contributed by atoms with Gasteiger partial charge in [0.1, 0.15) is 5.82 Å². The monoisotopic (exact) mass is 208 g/mol. The smallest absolute Gasteiger partial charge is 0.124 e. The summed E-state index contributed by atoms with van der Waals surface area (Å²) in [6.45, 7) is 6.52. The average Bonchev–Trinajstić information content (AvgIpc) is 2.45. The minimum absolute atomic E-state index is 0.153. The normalized spacial score (nSPS) is 12.3. The standard InChI is InChI=1S/C12H13FS/c1-12(2,3)11-6-8-4-5-9(13)7-10(8)14-11/h4-7H,1-3H3. The molecule has 2 heteroatoms. The zero-order valence-electron chi connectivity index (χ0n) is 8.60. The number of fused-ring (bicyclic) bond motifs is 1. The van der Waals surface area contributed by atoms with Gasteiger partial charge in [0, 0.05) is 9.58 Å². The summed E-state index contributed by atoms with van der Waals surface area (Å²) in [5.41, 5.74) is 0.153. The van der Waals surface area contributed by atoms with Crippen LogP contribution < -0.4 is 0 Å². The van der Waals surface area contributed by atoms with E-state index >= 15 is 0 Å². The number of hydrogen-bond acceptors (Lipinski definition) is 1. The molecule has 0 atom stereocenters. The van der Waals surface area contributed by atoms with Gasteiger partial charge in [0.2, 0.25) is 0 Å². The number of benzene rings is 1. The molecule has 2 aromatic rings. The first kappa shape index (κ1) is 9.66. The lowest BCUT2D eigenvalue weighted by molar-refractivity contribution is 0.604. The SMILES string of the molecule is CC(C)(C)c1cc2ccc(F)cc2s1. The molecule has 2 rings (SSSR count). The Morgan fingerprint density at radius 2 is 1.86 bits per heavy atom. The summed E-state index contributed by atoms with van der Waals surface area (Å²) in [7, 11) is 0. The number of halogens is 1. The van der Waals surface area contributed by atoms with Gasteiger partial charge >= 0.3 is 0 Å². The van der Waals surface area contributed by atoms with E-state index in [2.05, 4.69) is 26.8 Å². The van der Waals surface area contributed by atoms with Gasteiger partial charge in [0.25, 0.3) is 0 Å². The van der Waals surface area contributed by atoms with Crippen LogP contribution in [0.25, 0.3) is 10.1 Å². The largest absolute Gasteiger partial charge is 0.207 e. The highest BCUT2D eigenvalue weighted by atomic mass is 32.1. The van der Waals surface area contributed by atoms with Gasteiger partial charge in [-0.05, 0) is 29.0 Å². The van der Waals surface area contributed by atoms with Crippen LogP contribution in [-0.4, -0.2) is 0 Å². The first-order valence-corrected chi connectivity index (χ1v) is 5.48. The minimum Gasteiger partial charge on any atom is -0.207 e. The Morgan fingerprint density at radius 3 is 2.50 bits per heavy atom. The average molecular weight is 208 g/mol. The lowest BCUT2D eigenvalue weighted by atomic mass is 9.94. The molecule has 0 radical (unpaired) electrons. The van der Waals surface area contributed by atoms with Crippen molar-refractivity contribution in [1.29, 1.82) is 0 Å². The van der Waals surface area contributed by atoms with Gasteiger partial charge in [-0.3, -0.25) is 0 Å².